The molecule has 0 radical (unpaired) electrons. The molecule has 1 unspecified atom stereocenters. The fourth-order valence-electron chi connectivity index (χ4n) is 2.27. The largest absolute Gasteiger partial charge is 0.480 e. The van der Waals surface area contributed by atoms with E-state index < -0.39 is 23.7 Å². The molecule has 2 N–H and O–H groups in total. The maximum Gasteiger partial charge on any atom is 0.408 e. The highest BCUT2D eigenvalue weighted by molar-refractivity contribution is 5.80. The van der Waals surface area contributed by atoms with Gasteiger partial charge in [-0.1, -0.05) is 6.92 Å². The molecule has 1 rings (SSSR count). The number of aliphatic carboxylic acids is 1. The van der Waals surface area contributed by atoms with Crippen LogP contribution in [0.5, 0.6) is 0 Å². The van der Waals surface area contributed by atoms with Gasteiger partial charge in [0.15, 0.2) is 0 Å². The van der Waals surface area contributed by atoms with E-state index in [4.69, 9.17) is 9.84 Å². The molecule has 1 aliphatic rings. The van der Waals surface area contributed by atoms with E-state index >= 15 is 0 Å². The fourth-order valence-corrected chi connectivity index (χ4v) is 2.27. The van der Waals surface area contributed by atoms with Crippen molar-refractivity contribution in [3.63, 3.8) is 0 Å². The Labute approximate surface area is 108 Å². The molecular weight excluding hydrogens is 234 g/mol. The number of amides is 1. The summed E-state index contributed by atoms with van der Waals surface area (Å²) in [5, 5.41) is 11.5. The summed E-state index contributed by atoms with van der Waals surface area (Å²) in [6.45, 7) is 7.38. The van der Waals surface area contributed by atoms with E-state index in [1.165, 1.54) is 0 Å². The Morgan fingerprint density at radius 3 is 2.33 bits per heavy atom. The Bertz CT molecular complexity index is 315. The zero-order chi connectivity index (χ0) is 13.9. The quantitative estimate of drug-likeness (QED) is 0.811. The topological polar surface area (TPSA) is 75.6 Å². The van der Waals surface area contributed by atoms with Gasteiger partial charge in [0.1, 0.15) is 11.6 Å². The summed E-state index contributed by atoms with van der Waals surface area (Å²) < 4.78 is 5.06. The van der Waals surface area contributed by atoms with E-state index in [0.29, 0.717) is 18.3 Å². The number of alkyl carbamates (subject to hydrolysis) is 1. The number of rotatable bonds is 4. The van der Waals surface area contributed by atoms with Crippen LogP contribution in [0.25, 0.3) is 0 Å². The van der Waals surface area contributed by atoms with Gasteiger partial charge in [-0.25, -0.2) is 9.59 Å². The normalized spacial score (nSPS) is 24.9. The summed E-state index contributed by atoms with van der Waals surface area (Å²) in [6.07, 6.45) is 1.90. The van der Waals surface area contributed by atoms with Gasteiger partial charge in [0.2, 0.25) is 0 Å². The molecule has 5 heteroatoms. The molecule has 1 atom stereocenters. The van der Waals surface area contributed by atoms with E-state index in [9.17, 15) is 9.59 Å². The van der Waals surface area contributed by atoms with Crippen LogP contribution in [0.3, 0.4) is 0 Å². The highest BCUT2D eigenvalue weighted by Crippen LogP contribution is 2.36. The van der Waals surface area contributed by atoms with Crippen LogP contribution in [-0.4, -0.2) is 28.8 Å². The second-order valence-corrected chi connectivity index (χ2v) is 6.22. The first-order valence-corrected chi connectivity index (χ1v) is 6.39. The van der Waals surface area contributed by atoms with Crippen LogP contribution in [-0.2, 0) is 9.53 Å². The van der Waals surface area contributed by atoms with Crippen molar-refractivity contribution in [2.75, 3.05) is 0 Å². The minimum absolute atomic E-state index is 0.399. The van der Waals surface area contributed by atoms with Crippen LogP contribution < -0.4 is 5.32 Å². The predicted octanol–water partition coefficient (Wildman–Crippen LogP) is 2.40. The monoisotopic (exact) mass is 257 g/mol. The third-order valence-electron chi connectivity index (χ3n) is 3.03. The number of carboxylic acid groups (broad SMARTS) is 1. The molecule has 0 aliphatic heterocycles. The number of carbonyl (C=O) groups excluding carboxylic acids is 1. The van der Waals surface area contributed by atoms with Crippen LogP contribution in [0.2, 0.25) is 0 Å². The number of hydrogen-bond acceptors (Lipinski definition) is 3. The highest BCUT2D eigenvalue weighted by atomic mass is 16.6. The molecule has 1 saturated carbocycles. The number of carboxylic acids is 1. The molecule has 0 aromatic heterocycles. The molecule has 0 spiro atoms. The van der Waals surface area contributed by atoms with Gasteiger partial charge >= 0.3 is 12.1 Å². The molecule has 0 aromatic carbocycles. The molecule has 0 aromatic rings. The first-order chi connectivity index (χ1) is 8.17. The third-order valence-corrected chi connectivity index (χ3v) is 3.03. The van der Waals surface area contributed by atoms with Crippen molar-refractivity contribution < 1.29 is 19.4 Å². The summed E-state index contributed by atoms with van der Waals surface area (Å²) in [7, 11) is 0. The van der Waals surface area contributed by atoms with Crippen molar-refractivity contribution >= 4 is 12.1 Å². The van der Waals surface area contributed by atoms with Crippen molar-refractivity contribution in [3.05, 3.63) is 0 Å². The number of carbonyl (C=O) groups is 2. The lowest BCUT2D eigenvalue weighted by Crippen LogP contribution is -2.45. The van der Waals surface area contributed by atoms with Crippen molar-refractivity contribution in [3.8, 4) is 0 Å². The molecular formula is C13H23NO4. The lowest BCUT2D eigenvalue weighted by molar-refractivity contribution is -0.140. The maximum atomic E-state index is 11.5. The third kappa shape index (κ3) is 4.94. The Balaban J connectivity index is 2.43. The van der Waals surface area contributed by atoms with Crippen molar-refractivity contribution in [2.24, 2.45) is 11.8 Å². The number of nitrogens with one attached hydrogen (secondary N) is 1. The first-order valence-electron chi connectivity index (χ1n) is 6.39. The van der Waals surface area contributed by atoms with Crippen LogP contribution in [0.1, 0.15) is 47.0 Å². The van der Waals surface area contributed by atoms with E-state index in [1.54, 1.807) is 20.8 Å². The van der Waals surface area contributed by atoms with E-state index in [1.807, 2.05) is 0 Å². The van der Waals surface area contributed by atoms with Crippen molar-refractivity contribution in [2.45, 2.75) is 58.6 Å². The van der Waals surface area contributed by atoms with Crippen LogP contribution in [0, 0.1) is 11.8 Å². The lowest BCUT2D eigenvalue weighted by atomic mass is 9.73. The Kier molecular flexibility index (Phi) is 4.59. The number of ether oxygens (including phenoxy) is 1. The molecule has 1 aliphatic carbocycles. The zero-order valence-electron chi connectivity index (χ0n) is 11.5. The molecule has 18 heavy (non-hydrogen) atoms. The maximum absolute atomic E-state index is 11.5. The Morgan fingerprint density at radius 1 is 1.39 bits per heavy atom. The van der Waals surface area contributed by atoms with E-state index in [0.717, 1.165) is 12.8 Å². The molecule has 1 fully saturated rings. The van der Waals surface area contributed by atoms with Crippen LogP contribution >= 0.6 is 0 Å². The van der Waals surface area contributed by atoms with Gasteiger partial charge in [-0.3, -0.25) is 0 Å². The average Bonchev–Trinajstić information content (AvgIpc) is 2.10. The summed E-state index contributed by atoms with van der Waals surface area (Å²) in [5.41, 5.74) is -0.613. The Hall–Kier alpha value is -1.26. The van der Waals surface area contributed by atoms with Gasteiger partial charge < -0.3 is 15.2 Å². The second kappa shape index (κ2) is 5.59. The fraction of sp³-hybridized carbons (Fsp3) is 0.846. The number of hydrogen-bond donors (Lipinski definition) is 2. The first kappa shape index (κ1) is 14.8. The highest BCUT2D eigenvalue weighted by Gasteiger charge is 2.32. The average molecular weight is 257 g/mol. The standard InChI is InChI=1S/C13H23NO4/c1-8-5-9(6-8)7-10(11(15)16)14-12(17)18-13(2,3)4/h8-10H,5-7H2,1-4H3,(H,14,17)(H,15,16). The summed E-state index contributed by atoms with van der Waals surface area (Å²) in [5.74, 6) is 0.0717. The van der Waals surface area contributed by atoms with Gasteiger partial charge in [0.25, 0.3) is 0 Å². The second-order valence-electron chi connectivity index (χ2n) is 6.22. The van der Waals surface area contributed by atoms with Crippen LogP contribution in [0.4, 0.5) is 4.79 Å². The smallest absolute Gasteiger partial charge is 0.408 e. The van der Waals surface area contributed by atoms with Crippen molar-refractivity contribution in [1.82, 2.24) is 5.32 Å². The van der Waals surface area contributed by atoms with Crippen molar-refractivity contribution in [1.29, 1.82) is 0 Å². The molecule has 5 nitrogen and oxygen atoms in total. The van der Waals surface area contributed by atoms with Gasteiger partial charge in [0, 0.05) is 0 Å². The zero-order valence-corrected chi connectivity index (χ0v) is 11.5. The summed E-state index contributed by atoms with van der Waals surface area (Å²) >= 11 is 0. The van der Waals surface area contributed by atoms with Gasteiger partial charge in [-0.05, 0) is 51.9 Å². The van der Waals surface area contributed by atoms with Gasteiger partial charge in [-0.15, -0.1) is 0 Å². The molecule has 0 bridgehead atoms. The van der Waals surface area contributed by atoms with Gasteiger partial charge in [-0.2, -0.15) is 0 Å². The lowest BCUT2D eigenvalue weighted by Gasteiger charge is -2.34. The van der Waals surface area contributed by atoms with E-state index in [-0.39, 0.29) is 0 Å². The summed E-state index contributed by atoms with van der Waals surface area (Å²) in [6, 6.07) is -0.850. The predicted molar refractivity (Wildman–Crippen MR) is 67.3 cm³/mol. The minimum Gasteiger partial charge on any atom is -0.480 e. The Morgan fingerprint density at radius 2 is 1.94 bits per heavy atom. The van der Waals surface area contributed by atoms with Gasteiger partial charge in [0.05, 0.1) is 0 Å². The molecule has 1 amide bonds. The molecule has 0 heterocycles. The molecule has 0 saturated heterocycles. The van der Waals surface area contributed by atoms with E-state index in [2.05, 4.69) is 12.2 Å². The molecule has 104 valence electrons. The summed E-state index contributed by atoms with van der Waals surface area (Å²) in [4.78, 5) is 22.6. The minimum atomic E-state index is -1.000. The van der Waals surface area contributed by atoms with Crippen LogP contribution in [0.15, 0.2) is 0 Å². The SMILES string of the molecule is CC1CC(CC(NC(=O)OC(C)(C)C)C(=O)O)C1.